The number of ether oxygens (including phenoxy) is 1. The van der Waals surface area contributed by atoms with Crippen molar-refractivity contribution < 1.29 is 19.0 Å². The molecular formula is C17H24FNO3. The number of piperidine rings is 1. The highest BCUT2D eigenvalue weighted by molar-refractivity contribution is 5.68. The normalized spacial score (nSPS) is 22.5. The minimum atomic E-state index is -0.547. The van der Waals surface area contributed by atoms with Crippen molar-refractivity contribution in [3.8, 4) is 0 Å². The maximum Gasteiger partial charge on any atom is 0.410 e. The fraction of sp³-hybridized carbons (Fsp3) is 0.588. The van der Waals surface area contributed by atoms with Gasteiger partial charge in [-0.15, -0.1) is 0 Å². The molecule has 122 valence electrons. The van der Waals surface area contributed by atoms with E-state index >= 15 is 0 Å². The number of carbonyl (C=O) groups is 1. The Morgan fingerprint density at radius 1 is 1.41 bits per heavy atom. The monoisotopic (exact) mass is 309 g/mol. The zero-order chi connectivity index (χ0) is 16.3. The van der Waals surface area contributed by atoms with Crippen LogP contribution in [0, 0.1) is 11.7 Å². The highest BCUT2D eigenvalue weighted by atomic mass is 19.1. The molecule has 1 saturated heterocycles. The van der Waals surface area contributed by atoms with E-state index in [2.05, 4.69) is 0 Å². The van der Waals surface area contributed by atoms with E-state index in [1.807, 2.05) is 20.8 Å². The van der Waals surface area contributed by atoms with E-state index in [1.165, 1.54) is 6.07 Å². The minimum Gasteiger partial charge on any atom is -0.444 e. The van der Waals surface area contributed by atoms with Crippen LogP contribution in [0.3, 0.4) is 0 Å². The van der Waals surface area contributed by atoms with Gasteiger partial charge in [-0.1, -0.05) is 18.2 Å². The third kappa shape index (κ3) is 4.44. The maximum atomic E-state index is 13.8. The summed E-state index contributed by atoms with van der Waals surface area (Å²) in [5, 5.41) is 10.2. The van der Waals surface area contributed by atoms with Gasteiger partial charge in [0.05, 0.1) is 6.10 Å². The largest absolute Gasteiger partial charge is 0.444 e. The fourth-order valence-corrected chi connectivity index (χ4v) is 2.66. The Kier molecular flexibility index (Phi) is 5.06. The molecule has 0 bridgehead atoms. The van der Waals surface area contributed by atoms with Crippen molar-refractivity contribution in [3.63, 3.8) is 0 Å². The van der Waals surface area contributed by atoms with E-state index < -0.39 is 11.7 Å². The number of rotatable bonds is 2. The third-order valence-electron chi connectivity index (χ3n) is 3.79. The van der Waals surface area contributed by atoms with E-state index in [1.54, 1.807) is 23.1 Å². The van der Waals surface area contributed by atoms with Gasteiger partial charge in [-0.2, -0.15) is 0 Å². The summed E-state index contributed by atoms with van der Waals surface area (Å²) in [6.45, 7) is 6.30. The molecule has 2 unspecified atom stereocenters. The lowest BCUT2D eigenvalue weighted by Crippen LogP contribution is -2.48. The first-order chi connectivity index (χ1) is 10.3. The van der Waals surface area contributed by atoms with Crippen LogP contribution in [0.25, 0.3) is 0 Å². The molecule has 0 saturated carbocycles. The molecule has 0 aromatic heterocycles. The second kappa shape index (κ2) is 6.65. The fourth-order valence-electron chi connectivity index (χ4n) is 2.66. The number of benzene rings is 1. The van der Waals surface area contributed by atoms with Crippen LogP contribution >= 0.6 is 0 Å². The van der Waals surface area contributed by atoms with Crippen LogP contribution in [0.2, 0.25) is 0 Å². The summed E-state index contributed by atoms with van der Waals surface area (Å²) in [4.78, 5) is 13.7. The zero-order valence-corrected chi connectivity index (χ0v) is 13.4. The Balaban J connectivity index is 2.02. The van der Waals surface area contributed by atoms with Gasteiger partial charge in [0.25, 0.3) is 0 Å². The first-order valence-electron chi connectivity index (χ1n) is 7.65. The van der Waals surface area contributed by atoms with Crippen LogP contribution in [0.15, 0.2) is 24.3 Å². The van der Waals surface area contributed by atoms with Gasteiger partial charge < -0.3 is 14.7 Å². The van der Waals surface area contributed by atoms with Crippen LogP contribution < -0.4 is 0 Å². The van der Waals surface area contributed by atoms with Crippen LogP contribution in [0.1, 0.15) is 32.8 Å². The van der Waals surface area contributed by atoms with Crippen molar-refractivity contribution >= 4 is 6.09 Å². The molecule has 0 radical (unpaired) electrons. The van der Waals surface area contributed by atoms with Gasteiger partial charge in [-0.3, -0.25) is 0 Å². The van der Waals surface area contributed by atoms with E-state index in [0.29, 0.717) is 31.5 Å². The summed E-state index contributed by atoms with van der Waals surface area (Å²) in [7, 11) is 0. The number of nitrogens with zero attached hydrogens (tertiary/aromatic N) is 1. The van der Waals surface area contributed by atoms with Gasteiger partial charge in [0.15, 0.2) is 0 Å². The number of hydrogen-bond donors (Lipinski definition) is 1. The van der Waals surface area contributed by atoms with E-state index in [-0.39, 0.29) is 17.8 Å². The number of aliphatic hydroxyl groups excluding tert-OH is 1. The molecule has 2 rings (SSSR count). The Bertz CT molecular complexity index is 527. The average Bonchev–Trinajstić information content (AvgIpc) is 2.41. The number of halogens is 1. The number of carbonyl (C=O) groups excluding carboxylic acids is 1. The standard InChI is InChI=1S/C17H24FNO3/c1-17(2,3)22-16(21)19-9-8-15(20)13(11-19)10-12-6-4-5-7-14(12)18/h4-7,13,15,20H,8-11H2,1-3H3. The first kappa shape index (κ1) is 16.7. The molecular weight excluding hydrogens is 285 g/mol. The molecule has 1 amide bonds. The topological polar surface area (TPSA) is 49.8 Å². The molecule has 1 aliphatic rings. The van der Waals surface area contributed by atoms with Gasteiger partial charge >= 0.3 is 6.09 Å². The minimum absolute atomic E-state index is 0.182. The number of hydrogen-bond acceptors (Lipinski definition) is 3. The third-order valence-corrected chi connectivity index (χ3v) is 3.79. The summed E-state index contributed by atoms with van der Waals surface area (Å²) < 4.78 is 19.1. The Hall–Kier alpha value is -1.62. The van der Waals surface area contributed by atoms with Gasteiger partial charge in [-0.05, 0) is 45.2 Å². The van der Waals surface area contributed by atoms with Crippen molar-refractivity contribution in [2.24, 2.45) is 5.92 Å². The summed E-state index contributed by atoms with van der Waals surface area (Å²) in [6.07, 6.45) is -0.0119. The smallest absolute Gasteiger partial charge is 0.410 e. The highest BCUT2D eigenvalue weighted by Crippen LogP contribution is 2.24. The summed E-state index contributed by atoms with van der Waals surface area (Å²) in [5.41, 5.74) is 0.0198. The van der Waals surface area contributed by atoms with Crippen molar-refractivity contribution in [1.82, 2.24) is 4.90 Å². The lowest BCUT2D eigenvalue weighted by Gasteiger charge is -2.37. The predicted octanol–water partition coefficient (Wildman–Crippen LogP) is 2.99. The van der Waals surface area contributed by atoms with Crippen molar-refractivity contribution in [2.45, 2.75) is 45.3 Å². The first-order valence-corrected chi connectivity index (χ1v) is 7.65. The second-order valence-electron chi connectivity index (χ2n) is 6.84. The molecule has 1 heterocycles. The van der Waals surface area contributed by atoms with E-state index in [0.717, 1.165) is 0 Å². The molecule has 1 aliphatic heterocycles. The maximum absolute atomic E-state index is 13.8. The number of likely N-dealkylation sites (tertiary alicyclic amines) is 1. The predicted molar refractivity (Wildman–Crippen MR) is 82.0 cm³/mol. The van der Waals surface area contributed by atoms with Crippen LogP contribution in [-0.2, 0) is 11.2 Å². The van der Waals surface area contributed by atoms with Crippen molar-refractivity contribution in [1.29, 1.82) is 0 Å². The quantitative estimate of drug-likeness (QED) is 0.913. The molecule has 0 spiro atoms. The Morgan fingerprint density at radius 2 is 2.09 bits per heavy atom. The van der Waals surface area contributed by atoms with Gasteiger partial charge in [0.2, 0.25) is 0 Å². The second-order valence-corrected chi connectivity index (χ2v) is 6.84. The van der Waals surface area contributed by atoms with Gasteiger partial charge in [0, 0.05) is 19.0 Å². The van der Waals surface area contributed by atoms with Crippen molar-refractivity contribution in [3.05, 3.63) is 35.6 Å². The van der Waals surface area contributed by atoms with Crippen LogP contribution in [0.5, 0.6) is 0 Å². The van der Waals surface area contributed by atoms with Crippen LogP contribution in [0.4, 0.5) is 9.18 Å². The van der Waals surface area contributed by atoms with Crippen LogP contribution in [-0.4, -0.2) is 40.9 Å². The van der Waals surface area contributed by atoms with E-state index in [9.17, 15) is 14.3 Å². The molecule has 4 nitrogen and oxygen atoms in total. The lowest BCUT2D eigenvalue weighted by molar-refractivity contribution is -0.00834. The Labute approximate surface area is 130 Å². The van der Waals surface area contributed by atoms with Gasteiger partial charge in [0.1, 0.15) is 11.4 Å². The molecule has 22 heavy (non-hydrogen) atoms. The summed E-state index contributed by atoms with van der Waals surface area (Å²) in [6, 6.07) is 6.55. The molecule has 1 fully saturated rings. The highest BCUT2D eigenvalue weighted by Gasteiger charge is 2.32. The van der Waals surface area contributed by atoms with E-state index in [4.69, 9.17) is 4.74 Å². The zero-order valence-electron chi connectivity index (χ0n) is 13.4. The number of aliphatic hydroxyl groups is 1. The molecule has 1 N–H and O–H groups in total. The Morgan fingerprint density at radius 3 is 2.73 bits per heavy atom. The SMILES string of the molecule is CC(C)(C)OC(=O)N1CCC(O)C(Cc2ccccc2F)C1. The van der Waals surface area contributed by atoms with Crippen molar-refractivity contribution in [2.75, 3.05) is 13.1 Å². The lowest BCUT2D eigenvalue weighted by atomic mass is 9.88. The van der Waals surface area contributed by atoms with Gasteiger partial charge in [-0.25, -0.2) is 9.18 Å². The molecule has 2 atom stereocenters. The number of amides is 1. The molecule has 1 aromatic carbocycles. The molecule has 1 aromatic rings. The average molecular weight is 309 g/mol. The molecule has 5 heteroatoms. The summed E-state index contributed by atoms with van der Waals surface area (Å²) >= 11 is 0. The summed E-state index contributed by atoms with van der Waals surface area (Å²) in [5.74, 6) is -0.456. The molecule has 0 aliphatic carbocycles.